The Balaban J connectivity index is 1.53. The van der Waals surface area contributed by atoms with E-state index < -0.39 is 29.2 Å². The van der Waals surface area contributed by atoms with E-state index in [1.54, 1.807) is 66.7 Å². The maximum Gasteiger partial charge on any atom is 0.186 e. The van der Waals surface area contributed by atoms with Crippen molar-refractivity contribution >= 4 is 29.1 Å². The van der Waals surface area contributed by atoms with E-state index in [2.05, 4.69) is 0 Å². The number of hydrogen-bond acceptors (Lipinski definition) is 5. The van der Waals surface area contributed by atoms with Gasteiger partial charge in [-0.2, -0.15) is 0 Å². The molecule has 1 aliphatic carbocycles. The molecular formula is C32H22FNO4. The van der Waals surface area contributed by atoms with Crippen LogP contribution in [0.4, 0.5) is 10.1 Å². The van der Waals surface area contributed by atoms with Gasteiger partial charge in [0.25, 0.3) is 0 Å². The normalized spacial score (nSPS) is 22.5. The van der Waals surface area contributed by atoms with Crippen LogP contribution < -0.4 is 4.90 Å². The fraction of sp³-hybridized carbons (Fsp3) is 0.156. The highest BCUT2D eigenvalue weighted by Crippen LogP contribution is 2.61. The highest BCUT2D eigenvalue weighted by atomic mass is 19.1. The minimum atomic E-state index is -1.63. The van der Waals surface area contributed by atoms with E-state index in [9.17, 15) is 18.8 Å². The predicted octanol–water partition coefficient (Wildman–Crippen LogP) is 6.04. The minimum Gasteiger partial charge on any atom is -0.469 e. The summed E-state index contributed by atoms with van der Waals surface area (Å²) in [5.41, 5.74) is 1.69. The molecule has 186 valence electrons. The summed E-state index contributed by atoms with van der Waals surface area (Å²) in [6.45, 7) is 1.94. The lowest BCUT2D eigenvalue weighted by molar-refractivity contribution is 0.0652. The Morgan fingerprint density at radius 3 is 2.29 bits per heavy atom. The number of carbonyl (C=O) groups is 3. The second kappa shape index (κ2) is 7.96. The summed E-state index contributed by atoms with van der Waals surface area (Å²) in [4.78, 5) is 45.1. The van der Waals surface area contributed by atoms with Gasteiger partial charge in [0.05, 0.1) is 18.2 Å². The topological polar surface area (TPSA) is 67.6 Å². The number of rotatable bonds is 3. The first-order valence-corrected chi connectivity index (χ1v) is 12.5. The van der Waals surface area contributed by atoms with Crippen molar-refractivity contribution in [1.29, 1.82) is 0 Å². The number of anilines is 1. The molecule has 4 aromatic rings. The van der Waals surface area contributed by atoms with Gasteiger partial charge in [-0.05, 0) is 37.3 Å². The van der Waals surface area contributed by atoms with Crippen LogP contribution in [0, 0.1) is 18.2 Å². The van der Waals surface area contributed by atoms with Gasteiger partial charge in [-0.15, -0.1) is 0 Å². The first-order chi connectivity index (χ1) is 18.4. The molecule has 1 spiro atoms. The van der Waals surface area contributed by atoms with Crippen LogP contribution in [0.3, 0.4) is 0 Å². The first kappa shape index (κ1) is 22.6. The number of furan rings is 1. The molecule has 1 saturated heterocycles. The smallest absolute Gasteiger partial charge is 0.186 e. The Morgan fingerprint density at radius 2 is 1.63 bits per heavy atom. The van der Waals surface area contributed by atoms with Crippen molar-refractivity contribution in [1.82, 2.24) is 0 Å². The molecule has 0 amide bonds. The molecule has 7 rings (SSSR count). The summed E-state index contributed by atoms with van der Waals surface area (Å²) in [6, 6.07) is 20.1. The van der Waals surface area contributed by atoms with E-state index in [1.807, 2.05) is 24.0 Å². The zero-order chi connectivity index (χ0) is 26.2. The Labute approximate surface area is 218 Å². The largest absolute Gasteiger partial charge is 0.469 e. The molecule has 3 aliphatic rings. The summed E-state index contributed by atoms with van der Waals surface area (Å²) >= 11 is 0. The van der Waals surface area contributed by atoms with Gasteiger partial charge in [0.2, 0.25) is 0 Å². The number of halogens is 1. The zero-order valence-corrected chi connectivity index (χ0v) is 20.4. The second-order valence-electron chi connectivity index (χ2n) is 10.2. The number of hydrogen-bond donors (Lipinski definition) is 0. The van der Waals surface area contributed by atoms with E-state index in [0.717, 1.165) is 5.56 Å². The van der Waals surface area contributed by atoms with Crippen molar-refractivity contribution < 1.29 is 23.2 Å². The van der Waals surface area contributed by atoms with Crippen LogP contribution >= 0.6 is 0 Å². The maximum atomic E-state index is 14.4. The number of nitrogens with zero attached hydrogens (tertiary/aromatic N) is 1. The average molecular weight is 504 g/mol. The van der Waals surface area contributed by atoms with Gasteiger partial charge < -0.3 is 9.32 Å². The lowest BCUT2D eigenvalue weighted by Crippen LogP contribution is -2.48. The SMILES string of the molecule is Cc1ccc(C(=O)[C@H]2[C@H](c3ccco3)C3(C(=O)c4ccccc4C3=O)[C@H]3C=Cc4cc(F)ccc4N23)cc1. The molecule has 0 radical (unpaired) electrons. The molecule has 1 aromatic heterocycles. The molecule has 3 aromatic carbocycles. The highest BCUT2D eigenvalue weighted by Gasteiger charge is 2.72. The Morgan fingerprint density at radius 1 is 0.921 bits per heavy atom. The minimum absolute atomic E-state index is 0.240. The highest BCUT2D eigenvalue weighted by molar-refractivity contribution is 6.32. The van der Waals surface area contributed by atoms with Crippen LogP contribution in [0.25, 0.3) is 6.08 Å². The third-order valence-corrected chi connectivity index (χ3v) is 8.22. The number of Topliss-reactive ketones (excluding diaryl/α,β-unsaturated/α-hetero) is 3. The maximum absolute atomic E-state index is 14.4. The monoisotopic (exact) mass is 503 g/mol. The van der Waals surface area contributed by atoms with Crippen LogP contribution in [-0.4, -0.2) is 29.4 Å². The molecule has 1 fully saturated rings. The molecule has 6 heteroatoms. The van der Waals surface area contributed by atoms with Crippen molar-refractivity contribution in [2.45, 2.75) is 24.9 Å². The standard InChI is InChI=1S/C32H22FNO4/c1-18-8-10-19(11-9-18)29(35)28-27(25-7-4-16-38-25)32(30(36)22-5-2-3-6-23(22)31(32)37)26-15-12-20-17-21(33)13-14-24(20)34(26)28/h2-17,26-28H,1H3/t26-,27+,28-/m1/s1. The fourth-order valence-corrected chi connectivity index (χ4v) is 6.61. The molecule has 5 nitrogen and oxygen atoms in total. The Bertz CT molecular complexity index is 1630. The molecule has 0 N–H and O–H groups in total. The lowest BCUT2D eigenvalue weighted by Gasteiger charge is -2.37. The summed E-state index contributed by atoms with van der Waals surface area (Å²) in [6.07, 6.45) is 4.99. The number of ketones is 3. The third-order valence-electron chi connectivity index (χ3n) is 8.22. The molecule has 3 atom stereocenters. The van der Waals surface area contributed by atoms with Crippen molar-refractivity contribution in [3.8, 4) is 0 Å². The van der Waals surface area contributed by atoms with Gasteiger partial charge in [-0.3, -0.25) is 14.4 Å². The number of carbonyl (C=O) groups excluding carboxylic acids is 3. The lowest BCUT2D eigenvalue weighted by atomic mass is 9.65. The summed E-state index contributed by atoms with van der Waals surface area (Å²) in [5, 5.41) is 0. The van der Waals surface area contributed by atoms with Crippen molar-refractivity contribution in [2.75, 3.05) is 4.90 Å². The first-order valence-electron chi connectivity index (χ1n) is 12.5. The molecule has 38 heavy (non-hydrogen) atoms. The quantitative estimate of drug-likeness (QED) is 0.252. The van der Waals surface area contributed by atoms with Gasteiger partial charge >= 0.3 is 0 Å². The van der Waals surface area contributed by atoms with Gasteiger partial charge in [0.15, 0.2) is 17.3 Å². The fourth-order valence-electron chi connectivity index (χ4n) is 6.61. The second-order valence-corrected chi connectivity index (χ2v) is 10.2. The Kier molecular flexibility index (Phi) is 4.73. The van der Waals surface area contributed by atoms with Gasteiger partial charge in [-0.1, -0.05) is 66.2 Å². The molecule has 3 heterocycles. The summed E-state index contributed by atoms with van der Waals surface area (Å²) in [7, 11) is 0. The van der Waals surface area contributed by atoms with E-state index in [0.29, 0.717) is 33.7 Å². The van der Waals surface area contributed by atoms with Crippen LogP contribution in [0.1, 0.15) is 53.9 Å². The van der Waals surface area contributed by atoms with Crippen molar-refractivity contribution in [3.05, 3.63) is 131 Å². The van der Waals surface area contributed by atoms with Gasteiger partial charge in [0, 0.05) is 27.9 Å². The third kappa shape index (κ3) is 2.83. The van der Waals surface area contributed by atoms with E-state index in [-0.39, 0.29) is 17.3 Å². The molecular weight excluding hydrogens is 481 g/mol. The number of fused-ring (bicyclic) bond motifs is 5. The van der Waals surface area contributed by atoms with Crippen LogP contribution in [0.5, 0.6) is 0 Å². The summed E-state index contributed by atoms with van der Waals surface area (Å²) < 4.78 is 20.1. The molecule has 2 aliphatic heterocycles. The van der Waals surface area contributed by atoms with Gasteiger partial charge in [0.1, 0.15) is 23.0 Å². The average Bonchev–Trinajstić information content (AvgIpc) is 3.62. The van der Waals surface area contributed by atoms with Crippen molar-refractivity contribution in [2.24, 2.45) is 5.41 Å². The van der Waals surface area contributed by atoms with Crippen LogP contribution in [-0.2, 0) is 0 Å². The van der Waals surface area contributed by atoms with Gasteiger partial charge in [-0.25, -0.2) is 4.39 Å². The number of aryl methyl sites for hydroxylation is 1. The predicted molar refractivity (Wildman–Crippen MR) is 140 cm³/mol. The summed E-state index contributed by atoms with van der Waals surface area (Å²) in [5.74, 6) is -1.84. The molecule has 0 bridgehead atoms. The van der Waals surface area contributed by atoms with E-state index >= 15 is 0 Å². The van der Waals surface area contributed by atoms with Crippen LogP contribution in [0.15, 0.2) is 95.6 Å². The number of benzene rings is 3. The molecule has 0 saturated carbocycles. The van der Waals surface area contributed by atoms with Crippen molar-refractivity contribution in [3.63, 3.8) is 0 Å². The van der Waals surface area contributed by atoms with Crippen LogP contribution in [0.2, 0.25) is 0 Å². The van der Waals surface area contributed by atoms with E-state index in [1.165, 1.54) is 18.4 Å². The Hall–Kier alpha value is -4.58. The van der Waals surface area contributed by atoms with E-state index in [4.69, 9.17) is 4.42 Å². The zero-order valence-electron chi connectivity index (χ0n) is 20.4. The molecule has 0 unspecified atom stereocenters.